The van der Waals surface area contributed by atoms with Crippen LogP contribution in [0.3, 0.4) is 0 Å². The molecular formula is C16H17BrN2O3S. The first-order chi connectivity index (χ1) is 10.8. The molecule has 0 saturated carbocycles. The quantitative estimate of drug-likeness (QED) is 0.810. The normalized spacial score (nSPS) is 10.4. The van der Waals surface area contributed by atoms with Gasteiger partial charge in [0.1, 0.15) is 10.8 Å². The molecule has 2 rings (SSSR count). The molecule has 2 aromatic rings. The summed E-state index contributed by atoms with van der Waals surface area (Å²) in [5, 5.41) is 3.16. The molecule has 0 fully saturated rings. The summed E-state index contributed by atoms with van der Waals surface area (Å²) in [6.45, 7) is 5.49. The van der Waals surface area contributed by atoms with Crippen molar-refractivity contribution in [3.8, 4) is 5.75 Å². The molecule has 1 aromatic carbocycles. The first-order valence-corrected chi connectivity index (χ1v) is 8.49. The number of amides is 2. The number of nitrogens with two attached hydrogens (primary N) is 1. The van der Waals surface area contributed by atoms with E-state index in [-0.39, 0.29) is 12.5 Å². The summed E-state index contributed by atoms with van der Waals surface area (Å²) >= 11 is 4.72. The van der Waals surface area contributed by atoms with E-state index >= 15 is 0 Å². The van der Waals surface area contributed by atoms with Crippen molar-refractivity contribution in [1.29, 1.82) is 0 Å². The van der Waals surface area contributed by atoms with E-state index in [0.717, 1.165) is 20.5 Å². The van der Waals surface area contributed by atoms with Gasteiger partial charge in [0.05, 0.1) is 10.0 Å². The molecule has 122 valence electrons. The maximum atomic E-state index is 12.1. The largest absolute Gasteiger partial charge is 0.483 e. The Morgan fingerprint density at radius 3 is 2.61 bits per heavy atom. The summed E-state index contributed by atoms with van der Waals surface area (Å²) < 4.78 is 6.28. The minimum absolute atomic E-state index is 0.157. The molecule has 2 amide bonds. The molecule has 3 N–H and O–H groups in total. The molecule has 0 bridgehead atoms. The van der Waals surface area contributed by atoms with Gasteiger partial charge < -0.3 is 15.8 Å². The Morgan fingerprint density at radius 1 is 1.30 bits per heavy atom. The summed E-state index contributed by atoms with van der Waals surface area (Å²) in [5.41, 5.74) is 7.62. The van der Waals surface area contributed by atoms with Crippen LogP contribution in [-0.4, -0.2) is 18.4 Å². The number of hydrogen-bond donors (Lipinski definition) is 2. The van der Waals surface area contributed by atoms with E-state index in [1.165, 1.54) is 11.3 Å². The number of benzene rings is 1. The number of carbonyl (C=O) groups is 2. The lowest BCUT2D eigenvalue weighted by Crippen LogP contribution is -2.22. The first kappa shape index (κ1) is 17.5. The first-order valence-electron chi connectivity index (χ1n) is 6.88. The SMILES string of the molecule is Cc1ccc(OCC(=O)Nc2sc(C)c(C)c2C(N)=O)c(Br)c1. The van der Waals surface area contributed by atoms with E-state index in [1.54, 1.807) is 6.07 Å². The van der Waals surface area contributed by atoms with Gasteiger partial charge in [0.15, 0.2) is 6.61 Å². The maximum Gasteiger partial charge on any atom is 0.262 e. The van der Waals surface area contributed by atoms with Gasteiger partial charge in [-0.05, 0) is 60.0 Å². The Morgan fingerprint density at radius 2 is 2.00 bits per heavy atom. The highest BCUT2D eigenvalue weighted by molar-refractivity contribution is 9.10. The number of anilines is 1. The van der Waals surface area contributed by atoms with E-state index in [9.17, 15) is 9.59 Å². The van der Waals surface area contributed by atoms with Crippen LogP contribution >= 0.6 is 27.3 Å². The van der Waals surface area contributed by atoms with Crippen LogP contribution in [0.4, 0.5) is 5.00 Å². The fourth-order valence-corrected chi connectivity index (χ4v) is 3.73. The molecule has 0 unspecified atom stereocenters. The van der Waals surface area contributed by atoms with Gasteiger partial charge >= 0.3 is 0 Å². The summed E-state index contributed by atoms with van der Waals surface area (Å²) in [6.07, 6.45) is 0. The zero-order valence-corrected chi connectivity index (χ0v) is 15.4. The Balaban J connectivity index is 2.06. The highest BCUT2D eigenvalue weighted by Gasteiger charge is 2.19. The topological polar surface area (TPSA) is 81.4 Å². The third-order valence-corrected chi connectivity index (χ3v) is 5.07. The van der Waals surface area contributed by atoms with Gasteiger partial charge in [0.2, 0.25) is 0 Å². The fourth-order valence-electron chi connectivity index (χ4n) is 2.04. The lowest BCUT2D eigenvalue weighted by molar-refractivity contribution is -0.118. The second kappa shape index (κ2) is 7.14. The summed E-state index contributed by atoms with van der Waals surface area (Å²) in [5.74, 6) is -0.315. The van der Waals surface area contributed by atoms with Gasteiger partial charge in [0, 0.05) is 4.88 Å². The van der Waals surface area contributed by atoms with E-state index < -0.39 is 5.91 Å². The van der Waals surface area contributed by atoms with Crippen molar-refractivity contribution in [3.05, 3.63) is 44.2 Å². The Labute approximate surface area is 147 Å². The van der Waals surface area contributed by atoms with Gasteiger partial charge in [-0.2, -0.15) is 0 Å². The number of halogens is 1. The second-order valence-corrected chi connectivity index (χ2v) is 7.20. The smallest absolute Gasteiger partial charge is 0.262 e. The third kappa shape index (κ3) is 4.11. The van der Waals surface area contributed by atoms with Crippen molar-refractivity contribution in [3.63, 3.8) is 0 Å². The average molecular weight is 397 g/mol. The number of primary amides is 1. The van der Waals surface area contributed by atoms with E-state index in [4.69, 9.17) is 10.5 Å². The number of ether oxygens (including phenoxy) is 1. The third-order valence-electron chi connectivity index (χ3n) is 3.33. The molecule has 1 aromatic heterocycles. The molecule has 0 saturated heterocycles. The monoisotopic (exact) mass is 396 g/mol. The summed E-state index contributed by atoms with van der Waals surface area (Å²) in [4.78, 5) is 24.5. The van der Waals surface area contributed by atoms with Gasteiger partial charge in [-0.3, -0.25) is 9.59 Å². The van der Waals surface area contributed by atoms with Crippen LogP contribution in [0.1, 0.15) is 26.4 Å². The minimum atomic E-state index is -0.552. The Kier molecular flexibility index (Phi) is 5.43. The summed E-state index contributed by atoms with van der Waals surface area (Å²) in [6, 6.07) is 5.60. The molecule has 5 nitrogen and oxygen atoms in total. The predicted octanol–water partition coefficient (Wildman–Crippen LogP) is 3.55. The van der Waals surface area contributed by atoms with Crippen molar-refractivity contribution >= 4 is 44.1 Å². The van der Waals surface area contributed by atoms with Gasteiger partial charge in [0.25, 0.3) is 11.8 Å². The van der Waals surface area contributed by atoms with Crippen LogP contribution in [-0.2, 0) is 4.79 Å². The van der Waals surface area contributed by atoms with Crippen LogP contribution in [0.15, 0.2) is 22.7 Å². The molecule has 0 atom stereocenters. The van der Waals surface area contributed by atoms with E-state index in [1.807, 2.05) is 32.9 Å². The highest BCUT2D eigenvalue weighted by Crippen LogP contribution is 2.32. The number of nitrogens with one attached hydrogen (secondary N) is 1. The number of carbonyl (C=O) groups excluding carboxylic acids is 2. The molecule has 0 aliphatic carbocycles. The summed E-state index contributed by atoms with van der Waals surface area (Å²) in [7, 11) is 0. The van der Waals surface area contributed by atoms with Crippen molar-refractivity contribution < 1.29 is 14.3 Å². The van der Waals surface area contributed by atoms with E-state index in [2.05, 4.69) is 21.2 Å². The highest BCUT2D eigenvalue weighted by atomic mass is 79.9. The fraction of sp³-hybridized carbons (Fsp3) is 0.250. The minimum Gasteiger partial charge on any atom is -0.483 e. The number of rotatable bonds is 5. The molecule has 7 heteroatoms. The van der Waals surface area contributed by atoms with Crippen molar-refractivity contribution in [2.75, 3.05) is 11.9 Å². The molecule has 1 heterocycles. The molecule has 0 spiro atoms. The van der Waals surface area contributed by atoms with Gasteiger partial charge in [-0.1, -0.05) is 6.07 Å². The Bertz CT molecular complexity index is 771. The van der Waals surface area contributed by atoms with Crippen LogP contribution in [0.5, 0.6) is 5.75 Å². The van der Waals surface area contributed by atoms with Crippen molar-refractivity contribution in [1.82, 2.24) is 0 Å². The predicted molar refractivity (Wildman–Crippen MR) is 95.3 cm³/mol. The molecule has 0 radical (unpaired) electrons. The maximum absolute atomic E-state index is 12.1. The molecule has 0 aliphatic rings. The van der Waals surface area contributed by atoms with Crippen LogP contribution in [0.2, 0.25) is 0 Å². The second-order valence-electron chi connectivity index (χ2n) is 5.12. The van der Waals surface area contributed by atoms with E-state index in [0.29, 0.717) is 16.3 Å². The van der Waals surface area contributed by atoms with Crippen LogP contribution in [0.25, 0.3) is 0 Å². The van der Waals surface area contributed by atoms with Crippen LogP contribution in [0, 0.1) is 20.8 Å². The Hall–Kier alpha value is -1.86. The van der Waals surface area contributed by atoms with Gasteiger partial charge in [-0.25, -0.2) is 0 Å². The number of thiophene rings is 1. The number of hydrogen-bond acceptors (Lipinski definition) is 4. The molecular weight excluding hydrogens is 380 g/mol. The zero-order chi connectivity index (χ0) is 17.1. The lowest BCUT2D eigenvalue weighted by atomic mass is 10.1. The van der Waals surface area contributed by atoms with Crippen molar-refractivity contribution in [2.24, 2.45) is 5.73 Å². The standard InChI is InChI=1S/C16H17BrN2O3S/c1-8-4-5-12(11(17)6-8)22-7-13(20)19-16-14(15(18)21)9(2)10(3)23-16/h4-6H,7H2,1-3H3,(H2,18,21)(H,19,20). The molecule has 0 aliphatic heterocycles. The molecule has 23 heavy (non-hydrogen) atoms. The van der Waals surface area contributed by atoms with Crippen molar-refractivity contribution in [2.45, 2.75) is 20.8 Å². The zero-order valence-electron chi connectivity index (χ0n) is 13.0. The average Bonchev–Trinajstić information content (AvgIpc) is 2.72. The number of aryl methyl sites for hydroxylation is 2. The van der Waals surface area contributed by atoms with Crippen LogP contribution < -0.4 is 15.8 Å². The van der Waals surface area contributed by atoms with Gasteiger partial charge in [-0.15, -0.1) is 11.3 Å². The lowest BCUT2D eigenvalue weighted by Gasteiger charge is -2.09.